The maximum Gasteiger partial charge on any atom is 0.307 e. The predicted molar refractivity (Wildman–Crippen MR) is 109 cm³/mol. The minimum Gasteiger partial charge on any atom is -0.488 e. The lowest BCUT2D eigenvalue weighted by Crippen LogP contribution is -2.06. The zero-order chi connectivity index (χ0) is 22.0. The summed E-state index contributed by atoms with van der Waals surface area (Å²) in [7, 11) is 0. The summed E-state index contributed by atoms with van der Waals surface area (Å²) >= 11 is 0. The highest BCUT2D eigenvalue weighted by molar-refractivity contribution is 5.93. The van der Waals surface area contributed by atoms with Crippen molar-refractivity contribution in [3.8, 4) is 16.9 Å². The van der Waals surface area contributed by atoms with Crippen LogP contribution < -0.4 is 10.5 Å². The van der Waals surface area contributed by atoms with Crippen molar-refractivity contribution in [3.63, 3.8) is 0 Å². The van der Waals surface area contributed by atoms with Gasteiger partial charge in [-0.25, -0.2) is 8.78 Å². The molecule has 0 aliphatic heterocycles. The summed E-state index contributed by atoms with van der Waals surface area (Å²) in [6, 6.07) is 10.3. The minimum atomic E-state index is -1.13. The van der Waals surface area contributed by atoms with Gasteiger partial charge in [0.1, 0.15) is 29.6 Å². The van der Waals surface area contributed by atoms with Crippen molar-refractivity contribution in [1.29, 1.82) is 0 Å². The number of aromatic nitrogens is 1. The number of halogens is 2. The summed E-state index contributed by atoms with van der Waals surface area (Å²) in [6.45, 7) is 0.0657. The van der Waals surface area contributed by atoms with E-state index in [1.807, 2.05) is 0 Å². The largest absolute Gasteiger partial charge is 0.488 e. The highest BCUT2D eigenvalue weighted by Gasteiger charge is 2.18. The molecule has 0 bridgehead atoms. The van der Waals surface area contributed by atoms with E-state index in [0.717, 1.165) is 17.7 Å². The first-order valence-corrected chi connectivity index (χ1v) is 9.43. The molecule has 4 rings (SSSR count). The van der Waals surface area contributed by atoms with Gasteiger partial charge in [-0.05, 0) is 48.0 Å². The fraction of sp³-hybridized carbons (Fsp3) is 0.130. The third-order valence-corrected chi connectivity index (χ3v) is 4.83. The Bertz CT molecular complexity index is 1270. The number of carboxylic acid groups (broad SMARTS) is 1. The highest BCUT2D eigenvalue weighted by atomic mass is 19.1. The van der Waals surface area contributed by atoms with Crippen molar-refractivity contribution >= 4 is 16.9 Å². The number of ether oxygens (including phenoxy) is 1. The van der Waals surface area contributed by atoms with Crippen LogP contribution in [0.4, 0.5) is 8.78 Å². The van der Waals surface area contributed by atoms with E-state index in [1.54, 1.807) is 24.4 Å². The van der Waals surface area contributed by atoms with Crippen LogP contribution in [0.3, 0.4) is 0 Å². The van der Waals surface area contributed by atoms with E-state index < -0.39 is 24.0 Å². The van der Waals surface area contributed by atoms with E-state index >= 15 is 4.39 Å². The molecule has 0 aliphatic carbocycles. The number of pyridine rings is 1. The predicted octanol–water partition coefficient (Wildman–Crippen LogP) is 4.44. The molecular formula is C23H18F2N2O4. The zero-order valence-corrected chi connectivity index (χ0v) is 16.3. The average molecular weight is 424 g/mol. The number of rotatable bonds is 7. The first-order valence-electron chi connectivity index (χ1n) is 9.43. The second kappa shape index (κ2) is 8.53. The number of carboxylic acids is 1. The Labute approximate surface area is 175 Å². The van der Waals surface area contributed by atoms with Gasteiger partial charge in [-0.2, -0.15) is 0 Å². The first kappa shape index (κ1) is 20.5. The number of furan rings is 1. The molecule has 2 aromatic carbocycles. The molecule has 0 atom stereocenters. The van der Waals surface area contributed by atoms with Crippen molar-refractivity contribution in [2.75, 3.05) is 0 Å². The standard InChI is InChI=1S/C23H18F2N2O4/c24-16-1-2-20(14(7-16)10-21(28)29)31-12-15-9-19(13-3-5-27-17(8-13)11-26)23-18(22(15)25)4-6-30-23/h1-9H,10-12,26H2,(H,28,29). The molecule has 31 heavy (non-hydrogen) atoms. The molecule has 158 valence electrons. The molecule has 8 heteroatoms. The number of benzene rings is 2. The number of fused-ring (bicyclic) bond motifs is 1. The van der Waals surface area contributed by atoms with Gasteiger partial charge in [-0.3, -0.25) is 9.78 Å². The number of nitrogens with two attached hydrogens (primary N) is 1. The Morgan fingerprint density at radius 2 is 1.97 bits per heavy atom. The van der Waals surface area contributed by atoms with Crippen molar-refractivity contribution in [3.05, 3.63) is 83.4 Å². The van der Waals surface area contributed by atoms with Gasteiger partial charge in [0, 0.05) is 29.4 Å². The molecule has 2 heterocycles. The zero-order valence-electron chi connectivity index (χ0n) is 16.3. The average Bonchev–Trinajstić information content (AvgIpc) is 3.24. The van der Waals surface area contributed by atoms with E-state index in [0.29, 0.717) is 16.8 Å². The Morgan fingerprint density at radius 1 is 1.13 bits per heavy atom. The Balaban J connectivity index is 1.72. The number of aliphatic carboxylic acids is 1. The molecule has 0 unspecified atom stereocenters. The molecule has 0 radical (unpaired) electrons. The molecule has 0 saturated heterocycles. The molecule has 0 spiro atoms. The van der Waals surface area contributed by atoms with Gasteiger partial charge in [0.2, 0.25) is 0 Å². The van der Waals surface area contributed by atoms with Crippen molar-refractivity contribution < 1.29 is 27.8 Å². The van der Waals surface area contributed by atoms with Crippen LogP contribution in [0.2, 0.25) is 0 Å². The summed E-state index contributed by atoms with van der Waals surface area (Å²) in [5.74, 6) is -2.05. The first-order chi connectivity index (χ1) is 15.0. The topological polar surface area (TPSA) is 98.6 Å². The van der Waals surface area contributed by atoms with Crippen LogP contribution in [0.5, 0.6) is 5.75 Å². The van der Waals surface area contributed by atoms with Crippen molar-refractivity contribution in [1.82, 2.24) is 4.98 Å². The van der Waals surface area contributed by atoms with E-state index in [1.165, 1.54) is 18.4 Å². The van der Waals surface area contributed by atoms with E-state index in [-0.39, 0.29) is 35.4 Å². The number of hydrogen-bond donors (Lipinski definition) is 2. The van der Waals surface area contributed by atoms with Crippen LogP contribution in [0, 0.1) is 11.6 Å². The normalized spacial score (nSPS) is 11.1. The monoisotopic (exact) mass is 424 g/mol. The second-order valence-corrected chi connectivity index (χ2v) is 6.91. The van der Waals surface area contributed by atoms with Crippen LogP contribution >= 0.6 is 0 Å². The summed E-state index contributed by atoms with van der Waals surface area (Å²) in [5.41, 5.74) is 8.53. The third-order valence-electron chi connectivity index (χ3n) is 4.83. The summed E-state index contributed by atoms with van der Waals surface area (Å²) in [6.07, 6.45) is 2.60. The SMILES string of the molecule is NCc1cc(-c2cc(COc3ccc(F)cc3CC(=O)O)c(F)c3ccoc23)ccn1. The maximum absolute atomic E-state index is 15.1. The Hall–Kier alpha value is -3.78. The van der Waals surface area contributed by atoms with E-state index in [9.17, 15) is 9.18 Å². The minimum absolute atomic E-state index is 0.166. The lowest BCUT2D eigenvalue weighted by molar-refractivity contribution is -0.136. The van der Waals surface area contributed by atoms with Gasteiger partial charge < -0.3 is 20.0 Å². The van der Waals surface area contributed by atoms with Crippen LogP contribution in [0.25, 0.3) is 22.1 Å². The Kier molecular flexibility index (Phi) is 5.64. The van der Waals surface area contributed by atoms with Gasteiger partial charge >= 0.3 is 5.97 Å². The lowest BCUT2D eigenvalue weighted by atomic mass is 10.00. The lowest BCUT2D eigenvalue weighted by Gasteiger charge is -2.13. The summed E-state index contributed by atoms with van der Waals surface area (Å²) in [4.78, 5) is 15.2. The Morgan fingerprint density at radius 3 is 2.74 bits per heavy atom. The molecule has 0 fully saturated rings. The molecule has 0 saturated carbocycles. The van der Waals surface area contributed by atoms with E-state index in [2.05, 4.69) is 4.98 Å². The quantitative estimate of drug-likeness (QED) is 0.455. The molecule has 3 N–H and O–H groups in total. The molecule has 0 aliphatic rings. The molecular weight excluding hydrogens is 406 g/mol. The molecule has 6 nitrogen and oxygen atoms in total. The third kappa shape index (κ3) is 4.24. The van der Waals surface area contributed by atoms with E-state index in [4.69, 9.17) is 20.0 Å². The second-order valence-electron chi connectivity index (χ2n) is 6.91. The molecule has 0 amide bonds. The van der Waals surface area contributed by atoms with Crippen LogP contribution in [0.1, 0.15) is 16.8 Å². The van der Waals surface area contributed by atoms with Crippen molar-refractivity contribution in [2.45, 2.75) is 19.6 Å². The number of nitrogens with zero attached hydrogens (tertiary/aromatic N) is 1. The fourth-order valence-electron chi connectivity index (χ4n) is 3.39. The van der Waals surface area contributed by atoms with Gasteiger partial charge in [-0.1, -0.05) is 0 Å². The van der Waals surface area contributed by atoms with Crippen LogP contribution in [-0.4, -0.2) is 16.1 Å². The number of carbonyl (C=O) groups is 1. The van der Waals surface area contributed by atoms with Gasteiger partial charge in [0.25, 0.3) is 0 Å². The maximum atomic E-state index is 15.1. The van der Waals surface area contributed by atoms with Gasteiger partial charge in [0.15, 0.2) is 0 Å². The fourth-order valence-corrected chi connectivity index (χ4v) is 3.39. The summed E-state index contributed by atoms with van der Waals surface area (Å²) in [5, 5.41) is 9.33. The molecule has 2 aromatic heterocycles. The summed E-state index contributed by atoms with van der Waals surface area (Å²) < 4.78 is 39.8. The van der Waals surface area contributed by atoms with Crippen LogP contribution in [0.15, 0.2) is 59.3 Å². The molecule has 4 aromatic rings. The van der Waals surface area contributed by atoms with Crippen molar-refractivity contribution in [2.24, 2.45) is 5.73 Å². The highest BCUT2D eigenvalue weighted by Crippen LogP contribution is 2.34. The van der Waals surface area contributed by atoms with Crippen LogP contribution in [-0.2, 0) is 24.4 Å². The van der Waals surface area contributed by atoms with Gasteiger partial charge in [0.05, 0.1) is 23.8 Å². The smallest absolute Gasteiger partial charge is 0.307 e. The number of hydrogen-bond acceptors (Lipinski definition) is 5. The van der Waals surface area contributed by atoms with Gasteiger partial charge in [-0.15, -0.1) is 0 Å².